The highest BCUT2D eigenvalue weighted by molar-refractivity contribution is 6.33. The first-order valence-corrected chi connectivity index (χ1v) is 7.37. The summed E-state index contributed by atoms with van der Waals surface area (Å²) in [6, 6.07) is 5.45. The molecular weight excluding hydrogens is 274 g/mol. The number of benzene rings is 1. The topological polar surface area (TPSA) is 69.6 Å². The molecule has 20 heavy (non-hydrogen) atoms. The van der Waals surface area contributed by atoms with Gasteiger partial charge in [0, 0.05) is 11.3 Å². The number of anilines is 1. The highest BCUT2D eigenvalue weighted by Crippen LogP contribution is 2.62. The summed E-state index contributed by atoms with van der Waals surface area (Å²) in [5.41, 5.74) is 7.68. The maximum atomic E-state index is 6.27. The van der Waals surface area contributed by atoms with Crippen LogP contribution in [0.5, 0.6) is 0 Å². The van der Waals surface area contributed by atoms with E-state index in [2.05, 4.69) is 15.5 Å². The van der Waals surface area contributed by atoms with Gasteiger partial charge in [-0.2, -0.15) is 0 Å². The second-order valence-electron chi connectivity index (χ2n) is 6.04. The predicted molar refractivity (Wildman–Crippen MR) is 77.1 cm³/mol. The van der Waals surface area contributed by atoms with Crippen LogP contribution >= 0.6 is 11.6 Å². The molecule has 1 aromatic heterocycles. The number of halogens is 1. The van der Waals surface area contributed by atoms with Crippen molar-refractivity contribution >= 4 is 17.3 Å². The lowest BCUT2D eigenvalue weighted by molar-refractivity contribution is 0.348. The lowest BCUT2D eigenvalue weighted by Gasteiger charge is -2.15. The minimum Gasteiger partial charge on any atom is -0.399 e. The number of hydrogen-bond acceptors (Lipinski definition) is 4. The molecule has 0 spiro atoms. The van der Waals surface area contributed by atoms with Crippen LogP contribution < -0.4 is 5.73 Å². The minimum atomic E-state index is 0.449. The first-order valence-electron chi connectivity index (χ1n) is 6.99. The van der Waals surface area contributed by atoms with Crippen LogP contribution in [0, 0.1) is 11.3 Å². The van der Waals surface area contributed by atoms with Gasteiger partial charge in [0.15, 0.2) is 5.82 Å². The number of nitrogens with two attached hydrogens (primary N) is 1. The molecule has 0 unspecified atom stereocenters. The zero-order chi connectivity index (χ0) is 13.7. The van der Waals surface area contributed by atoms with Crippen molar-refractivity contribution < 1.29 is 0 Å². The summed E-state index contributed by atoms with van der Waals surface area (Å²) in [5, 5.41) is 12.7. The molecule has 2 fully saturated rings. The maximum Gasteiger partial charge on any atom is 0.183 e. The molecule has 0 radical (unpaired) electrons. The van der Waals surface area contributed by atoms with Crippen molar-refractivity contribution in [3.05, 3.63) is 23.2 Å². The lowest BCUT2D eigenvalue weighted by atomic mass is 10.0. The Labute approximate surface area is 122 Å². The van der Waals surface area contributed by atoms with Crippen molar-refractivity contribution in [1.29, 1.82) is 0 Å². The second-order valence-corrected chi connectivity index (χ2v) is 6.44. The third-order valence-corrected chi connectivity index (χ3v) is 4.88. The number of aromatic nitrogens is 4. The van der Waals surface area contributed by atoms with Crippen molar-refractivity contribution in [3.63, 3.8) is 0 Å². The average Bonchev–Trinajstić information content (AvgIpc) is 3.29. The van der Waals surface area contributed by atoms with E-state index in [1.165, 1.54) is 25.7 Å². The second kappa shape index (κ2) is 4.19. The Morgan fingerprint density at radius 1 is 1.35 bits per heavy atom. The lowest BCUT2D eigenvalue weighted by Crippen LogP contribution is -2.16. The SMILES string of the molecule is Nc1ccc(-c2nnnn2CC2(C3CC3)CC2)c(Cl)c1. The predicted octanol–water partition coefficient (Wildman–Crippen LogP) is 2.77. The van der Waals surface area contributed by atoms with E-state index < -0.39 is 0 Å². The third-order valence-electron chi connectivity index (χ3n) is 4.57. The van der Waals surface area contributed by atoms with Crippen molar-refractivity contribution in [2.24, 2.45) is 11.3 Å². The molecule has 0 atom stereocenters. The molecule has 0 saturated heterocycles. The third kappa shape index (κ3) is 1.97. The Morgan fingerprint density at radius 2 is 2.15 bits per heavy atom. The molecule has 0 bridgehead atoms. The van der Waals surface area contributed by atoms with Gasteiger partial charge in [-0.15, -0.1) is 5.10 Å². The monoisotopic (exact) mass is 289 g/mol. The quantitative estimate of drug-likeness (QED) is 0.879. The molecule has 0 amide bonds. The van der Waals surface area contributed by atoms with Crippen LogP contribution in [0.2, 0.25) is 5.02 Å². The Kier molecular flexibility index (Phi) is 2.54. The van der Waals surface area contributed by atoms with Crippen molar-refractivity contribution in [3.8, 4) is 11.4 Å². The Balaban J connectivity index is 1.67. The zero-order valence-electron chi connectivity index (χ0n) is 11.1. The number of rotatable bonds is 4. The molecule has 2 N–H and O–H groups in total. The molecule has 2 aliphatic rings. The maximum absolute atomic E-state index is 6.27. The molecule has 1 heterocycles. The van der Waals surface area contributed by atoms with Gasteiger partial charge in [0.25, 0.3) is 0 Å². The molecule has 4 rings (SSSR count). The summed E-state index contributed by atoms with van der Waals surface area (Å²) in [7, 11) is 0. The molecule has 2 saturated carbocycles. The molecule has 5 nitrogen and oxygen atoms in total. The van der Waals surface area contributed by atoms with Gasteiger partial charge < -0.3 is 5.73 Å². The van der Waals surface area contributed by atoms with Gasteiger partial charge in [0.05, 0.1) is 11.6 Å². The molecule has 104 valence electrons. The van der Waals surface area contributed by atoms with Crippen molar-refractivity contribution in [1.82, 2.24) is 20.2 Å². The van der Waals surface area contributed by atoms with Gasteiger partial charge in [-0.25, -0.2) is 4.68 Å². The molecule has 1 aromatic carbocycles. The van der Waals surface area contributed by atoms with Crippen LogP contribution in [0.25, 0.3) is 11.4 Å². The normalized spacial score (nSPS) is 20.1. The molecule has 2 aliphatic carbocycles. The summed E-state index contributed by atoms with van der Waals surface area (Å²) >= 11 is 6.27. The summed E-state index contributed by atoms with van der Waals surface area (Å²) in [4.78, 5) is 0. The van der Waals surface area contributed by atoms with E-state index in [0.717, 1.165) is 23.9 Å². The van der Waals surface area contributed by atoms with E-state index in [4.69, 9.17) is 17.3 Å². The van der Waals surface area contributed by atoms with Gasteiger partial charge >= 0.3 is 0 Å². The molecular formula is C14H16ClN5. The Morgan fingerprint density at radius 3 is 2.80 bits per heavy atom. The highest BCUT2D eigenvalue weighted by Gasteiger charge is 2.54. The number of nitrogens with zero attached hydrogens (tertiary/aromatic N) is 4. The van der Waals surface area contributed by atoms with Crippen molar-refractivity contribution in [2.75, 3.05) is 5.73 Å². The Bertz CT molecular complexity index is 657. The van der Waals surface area contributed by atoms with E-state index in [1.54, 1.807) is 6.07 Å². The fourth-order valence-corrected chi connectivity index (χ4v) is 3.34. The fourth-order valence-electron chi connectivity index (χ4n) is 3.07. The van der Waals surface area contributed by atoms with E-state index in [-0.39, 0.29) is 0 Å². The highest BCUT2D eigenvalue weighted by atomic mass is 35.5. The van der Waals surface area contributed by atoms with E-state index in [0.29, 0.717) is 16.1 Å². The first kappa shape index (κ1) is 12.1. The number of hydrogen-bond donors (Lipinski definition) is 1. The number of nitrogen functional groups attached to an aromatic ring is 1. The summed E-state index contributed by atoms with van der Waals surface area (Å²) in [5.74, 6) is 1.61. The van der Waals surface area contributed by atoms with Crippen molar-refractivity contribution in [2.45, 2.75) is 32.2 Å². The van der Waals surface area contributed by atoms with Gasteiger partial charge in [-0.05, 0) is 65.6 Å². The minimum absolute atomic E-state index is 0.449. The van der Waals surface area contributed by atoms with E-state index >= 15 is 0 Å². The van der Waals surface area contributed by atoms with Crippen LogP contribution in [-0.2, 0) is 6.54 Å². The van der Waals surface area contributed by atoms with Crippen LogP contribution in [0.3, 0.4) is 0 Å². The average molecular weight is 290 g/mol. The fraction of sp³-hybridized carbons (Fsp3) is 0.500. The van der Waals surface area contributed by atoms with Crippen LogP contribution in [0.15, 0.2) is 18.2 Å². The summed E-state index contributed by atoms with van der Waals surface area (Å²) in [6.45, 7) is 0.903. The summed E-state index contributed by atoms with van der Waals surface area (Å²) in [6.07, 6.45) is 5.32. The van der Waals surface area contributed by atoms with Crippen LogP contribution in [0.4, 0.5) is 5.69 Å². The summed E-state index contributed by atoms with van der Waals surface area (Å²) < 4.78 is 1.91. The van der Waals surface area contributed by atoms with E-state index in [9.17, 15) is 0 Å². The largest absolute Gasteiger partial charge is 0.399 e. The van der Waals surface area contributed by atoms with Gasteiger partial charge in [-0.3, -0.25) is 0 Å². The number of tetrazole rings is 1. The first-order chi connectivity index (χ1) is 9.68. The van der Waals surface area contributed by atoms with Gasteiger partial charge in [0.1, 0.15) is 0 Å². The Hall–Kier alpha value is -1.62. The molecule has 2 aromatic rings. The van der Waals surface area contributed by atoms with Gasteiger partial charge in [0.2, 0.25) is 0 Å². The van der Waals surface area contributed by atoms with E-state index in [1.807, 2.05) is 16.8 Å². The van der Waals surface area contributed by atoms with Gasteiger partial charge in [-0.1, -0.05) is 11.6 Å². The van der Waals surface area contributed by atoms with Crippen LogP contribution in [0.1, 0.15) is 25.7 Å². The molecule has 6 heteroatoms. The smallest absolute Gasteiger partial charge is 0.183 e. The zero-order valence-corrected chi connectivity index (χ0v) is 11.8. The standard InChI is InChI=1S/C14H16ClN5/c15-12-7-10(16)3-4-11(12)13-17-18-19-20(13)8-14(5-6-14)9-1-2-9/h3-4,7,9H,1-2,5-6,8,16H2. The van der Waals surface area contributed by atoms with Crippen LogP contribution in [-0.4, -0.2) is 20.2 Å². The molecule has 0 aliphatic heterocycles.